The minimum absolute atomic E-state index is 0.307. The standard InChI is InChI=1S/C19H26FN3O4S/c1-3-18-21-19(27-22-18)23-10-8-14(9-11-23)5-4-12-26-15-6-7-17(16(20)13-15)28(2,24)25/h6-7,13-14H,3-5,8-12H2,1-2H3. The van der Waals surface area contributed by atoms with Crippen molar-refractivity contribution in [1.29, 1.82) is 0 Å². The molecule has 1 aromatic carbocycles. The van der Waals surface area contributed by atoms with E-state index < -0.39 is 15.7 Å². The zero-order valence-electron chi connectivity index (χ0n) is 16.2. The topological polar surface area (TPSA) is 85.5 Å². The minimum atomic E-state index is -3.56. The number of hydrogen-bond donors (Lipinski definition) is 0. The van der Waals surface area contributed by atoms with Crippen molar-refractivity contribution in [2.24, 2.45) is 5.92 Å². The van der Waals surface area contributed by atoms with Crippen molar-refractivity contribution < 1.29 is 22.1 Å². The Kier molecular flexibility index (Phi) is 6.53. The maximum absolute atomic E-state index is 13.9. The number of anilines is 1. The Bertz CT molecular complexity index is 892. The maximum Gasteiger partial charge on any atom is 0.324 e. The molecule has 0 bridgehead atoms. The second-order valence-electron chi connectivity index (χ2n) is 7.13. The summed E-state index contributed by atoms with van der Waals surface area (Å²) in [4.78, 5) is 6.20. The molecule has 7 nitrogen and oxygen atoms in total. The average molecular weight is 411 g/mol. The predicted octanol–water partition coefficient (Wildman–Crippen LogP) is 3.25. The van der Waals surface area contributed by atoms with E-state index in [1.54, 1.807) is 0 Å². The van der Waals surface area contributed by atoms with Gasteiger partial charge in [-0.05, 0) is 43.7 Å². The lowest BCUT2D eigenvalue weighted by molar-refractivity contribution is 0.275. The van der Waals surface area contributed by atoms with E-state index in [1.165, 1.54) is 12.1 Å². The van der Waals surface area contributed by atoms with Gasteiger partial charge in [0.15, 0.2) is 15.7 Å². The summed E-state index contributed by atoms with van der Waals surface area (Å²) >= 11 is 0. The first-order chi connectivity index (χ1) is 13.4. The van der Waals surface area contributed by atoms with E-state index in [2.05, 4.69) is 15.0 Å². The number of piperidine rings is 1. The second kappa shape index (κ2) is 8.89. The molecule has 1 aliphatic heterocycles. The van der Waals surface area contributed by atoms with Crippen molar-refractivity contribution >= 4 is 15.9 Å². The van der Waals surface area contributed by atoms with Gasteiger partial charge in [-0.25, -0.2) is 12.8 Å². The van der Waals surface area contributed by atoms with Gasteiger partial charge in [-0.1, -0.05) is 12.1 Å². The third-order valence-corrected chi connectivity index (χ3v) is 6.12. The summed E-state index contributed by atoms with van der Waals surface area (Å²) in [5.74, 6) is 0.913. The summed E-state index contributed by atoms with van der Waals surface area (Å²) in [7, 11) is -3.56. The lowest BCUT2D eigenvalue weighted by Crippen LogP contribution is -2.34. The molecule has 1 aliphatic rings. The molecule has 0 aliphatic carbocycles. The summed E-state index contributed by atoms with van der Waals surface area (Å²) in [6, 6.07) is 4.48. The number of rotatable bonds is 8. The molecule has 2 heterocycles. The van der Waals surface area contributed by atoms with Crippen LogP contribution in [-0.4, -0.2) is 44.5 Å². The van der Waals surface area contributed by atoms with Crippen LogP contribution in [0.4, 0.5) is 10.4 Å². The van der Waals surface area contributed by atoms with Crippen molar-refractivity contribution in [3.63, 3.8) is 0 Å². The van der Waals surface area contributed by atoms with Gasteiger partial charge in [0, 0.05) is 31.8 Å². The van der Waals surface area contributed by atoms with Crippen molar-refractivity contribution in [2.75, 3.05) is 30.9 Å². The van der Waals surface area contributed by atoms with Gasteiger partial charge < -0.3 is 14.2 Å². The minimum Gasteiger partial charge on any atom is -0.493 e. The predicted molar refractivity (Wildman–Crippen MR) is 103 cm³/mol. The molecule has 0 amide bonds. The quantitative estimate of drug-likeness (QED) is 0.616. The molecule has 9 heteroatoms. The fourth-order valence-corrected chi connectivity index (χ4v) is 4.09. The summed E-state index contributed by atoms with van der Waals surface area (Å²) in [5, 5.41) is 3.94. The smallest absolute Gasteiger partial charge is 0.324 e. The zero-order valence-corrected chi connectivity index (χ0v) is 17.0. The Morgan fingerprint density at radius 3 is 2.68 bits per heavy atom. The molecule has 0 spiro atoms. The Hall–Kier alpha value is -2.16. The van der Waals surface area contributed by atoms with Crippen LogP contribution in [0, 0.1) is 11.7 Å². The Morgan fingerprint density at radius 2 is 2.07 bits per heavy atom. The third-order valence-electron chi connectivity index (χ3n) is 4.99. The number of hydrogen-bond acceptors (Lipinski definition) is 7. The number of nitrogens with zero attached hydrogens (tertiary/aromatic N) is 3. The Balaban J connectivity index is 1.39. The Morgan fingerprint density at radius 1 is 1.32 bits per heavy atom. The molecule has 0 N–H and O–H groups in total. The number of aromatic nitrogens is 2. The highest BCUT2D eigenvalue weighted by Crippen LogP contribution is 2.26. The van der Waals surface area contributed by atoms with Crippen molar-refractivity contribution in [3.8, 4) is 5.75 Å². The van der Waals surface area contributed by atoms with Crippen LogP contribution in [0.25, 0.3) is 0 Å². The van der Waals surface area contributed by atoms with Gasteiger partial charge in [0.05, 0.1) is 6.61 Å². The molecule has 0 radical (unpaired) electrons. The van der Waals surface area contributed by atoms with E-state index >= 15 is 0 Å². The molecule has 1 fully saturated rings. The second-order valence-corrected chi connectivity index (χ2v) is 9.12. The highest BCUT2D eigenvalue weighted by molar-refractivity contribution is 7.90. The summed E-state index contributed by atoms with van der Waals surface area (Å²) in [6.07, 6.45) is 5.75. The van der Waals surface area contributed by atoms with Gasteiger partial charge in [0.1, 0.15) is 16.5 Å². The molecular weight excluding hydrogens is 385 g/mol. The van der Waals surface area contributed by atoms with Gasteiger partial charge in [-0.15, -0.1) is 0 Å². The van der Waals surface area contributed by atoms with Crippen LogP contribution < -0.4 is 9.64 Å². The average Bonchev–Trinajstić information content (AvgIpc) is 3.14. The van der Waals surface area contributed by atoms with E-state index in [0.717, 1.165) is 63.3 Å². The van der Waals surface area contributed by atoms with Crippen LogP contribution >= 0.6 is 0 Å². The van der Waals surface area contributed by atoms with Gasteiger partial charge in [-0.3, -0.25) is 0 Å². The van der Waals surface area contributed by atoms with Crippen LogP contribution in [0.15, 0.2) is 27.6 Å². The molecule has 154 valence electrons. The summed E-state index contributed by atoms with van der Waals surface area (Å²) in [6.45, 7) is 4.27. The first-order valence-corrected chi connectivity index (χ1v) is 11.5. The van der Waals surface area contributed by atoms with Crippen LogP contribution in [-0.2, 0) is 16.3 Å². The van der Waals surface area contributed by atoms with E-state index in [9.17, 15) is 12.8 Å². The van der Waals surface area contributed by atoms with Crippen molar-refractivity contribution in [2.45, 2.75) is 43.9 Å². The Labute approximate surface area is 164 Å². The normalized spacial score (nSPS) is 15.8. The van der Waals surface area contributed by atoms with E-state index in [4.69, 9.17) is 9.26 Å². The van der Waals surface area contributed by atoms with E-state index in [-0.39, 0.29) is 4.90 Å². The highest BCUT2D eigenvalue weighted by atomic mass is 32.2. The number of halogens is 1. The molecular formula is C19H26FN3O4S. The number of ether oxygens (including phenoxy) is 1. The fourth-order valence-electron chi connectivity index (χ4n) is 3.36. The van der Waals surface area contributed by atoms with Gasteiger partial charge in [-0.2, -0.15) is 4.98 Å². The van der Waals surface area contributed by atoms with E-state index in [0.29, 0.717) is 24.3 Å². The highest BCUT2D eigenvalue weighted by Gasteiger charge is 2.22. The van der Waals surface area contributed by atoms with Crippen LogP contribution in [0.5, 0.6) is 5.75 Å². The monoisotopic (exact) mass is 411 g/mol. The molecule has 1 aromatic heterocycles. The van der Waals surface area contributed by atoms with Crippen LogP contribution in [0.3, 0.4) is 0 Å². The van der Waals surface area contributed by atoms with Gasteiger partial charge in [0.25, 0.3) is 0 Å². The summed E-state index contributed by atoms with van der Waals surface area (Å²) < 4.78 is 47.6. The number of benzene rings is 1. The van der Waals surface area contributed by atoms with Crippen molar-refractivity contribution in [1.82, 2.24) is 10.1 Å². The van der Waals surface area contributed by atoms with E-state index in [1.807, 2.05) is 6.92 Å². The lowest BCUT2D eigenvalue weighted by Gasteiger charge is -2.30. The SMILES string of the molecule is CCc1noc(N2CCC(CCCOc3ccc(S(C)(=O)=O)c(F)c3)CC2)n1. The van der Waals surface area contributed by atoms with Gasteiger partial charge >= 0.3 is 6.01 Å². The van der Waals surface area contributed by atoms with Crippen LogP contribution in [0.1, 0.15) is 38.4 Å². The summed E-state index contributed by atoms with van der Waals surface area (Å²) in [5.41, 5.74) is 0. The largest absolute Gasteiger partial charge is 0.493 e. The zero-order chi connectivity index (χ0) is 20.1. The third kappa shape index (κ3) is 5.21. The molecule has 0 atom stereocenters. The molecule has 0 unspecified atom stereocenters. The first kappa shape index (κ1) is 20.6. The molecule has 3 rings (SSSR count). The number of sulfone groups is 1. The lowest BCUT2D eigenvalue weighted by atomic mass is 9.92. The molecule has 0 saturated carbocycles. The molecule has 2 aromatic rings. The molecule has 28 heavy (non-hydrogen) atoms. The maximum atomic E-state index is 13.9. The first-order valence-electron chi connectivity index (χ1n) is 9.56. The van der Waals surface area contributed by atoms with Crippen molar-refractivity contribution in [3.05, 3.63) is 29.8 Å². The molecule has 1 saturated heterocycles. The fraction of sp³-hybridized carbons (Fsp3) is 0.579. The van der Waals surface area contributed by atoms with Crippen LogP contribution in [0.2, 0.25) is 0 Å². The van der Waals surface area contributed by atoms with Gasteiger partial charge in [0.2, 0.25) is 0 Å². The number of aryl methyl sites for hydroxylation is 1.